The van der Waals surface area contributed by atoms with E-state index in [1.807, 2.05) is 31.2 Å². The first-order valence-electron chi connectivity index (χ1n) is 5.32. The van der Waals surface area contributed by atoms with Crippen molar-refractivity contribution in [2.45, 2.75) is 26.4 Å². The molecule has 2 amide bonds. The van der Waals surface area contributed by atoms with E-state index in [4.69, 9.17) is 5.11 Å². The molecule has 0 fully saturated rings. The molecular weight excluding hydrogens is 220 g/mol. The molecule has 5 nitrogen and oxygen atoms in total. The first-order valence-corrected chi connectivity index (χ1v) is 5.32. The molecule has 1 atom stereocenters. The number of amides is 2. The highest BCUT2D eigenvalue weighted by Gasteiger charge is 2.12. The number of carboxylic acid groups (broad SMARTS) is 1. The van der Waals surface area contributed by atoms with Gasteiger partial charge in [0.1, 0.15) is 6.04 Å². The van der Waals surface area contributed by atoms with E-state index in [-0.39, 0.29) is 0 Å². The van der Waals surface area contributed by atoms with Crippen molar-refractivity contribution in [2.75, 3.05) is 0 Å². The Morgan fingerprint density at radius 2 is 1.88 bits per heavy atom. The predicted octanol–water partition coefficient (Wildman–Crippen LogP) is 1.27. The number of nitrogens with one attached hydrogen (secondary N) is 2. The molecule has 5 heteroatoms. The molecule has 0 spiro atoms. The van der Waals surface area contributed by atoms with Gasteiger partial charge < -0.3 is 15.7 Å². The first kappa shape index (κ1) is 13.0. The van der Waals surface area contributed by atoms with Crippen LogP contribution in [0.25, 0.3) is 0 Å². The highest BCUT2D eigenvalue weighted by Crippen LogP contribution is 2.02. The third-order valence-corrected chi connectivity index (χ3v) is 2.29. The monoisotopic (exact) mass is 236 g/mol. The number of carbonyl (C=O) groups is 2. The van der Waals surface area contributed by atoms with Crippen molar-refractivity contribution < 1.29 is 14.7 Å². The van der Waals surface area contributed by atoms with Crippen molar-refractivity contribution in [3.05, 3.63) is 35.4 Å². The SMILES string of the molecule is Cc1ccc(CNC(=O)N[C@@H](C)C(=O)O)cc1. The summed E-state index contributed by atoms with van der Waals surface area (Å²) in [5.74, 6) is -1.06. The zero-order valence-corrected chi connectivity index (χ0v) is 9.86. The standard InChI is InChI=1S/C12H16N2O3/c1-8-3-5-10(6-4-8)7-13-12(17)14-9(2)11(15)16/h3-6,9H,7H2,1-2H3,(H,15,16)(H2,13,14,17)/t9-/m0/s1. The summed E-state index contributed by atoms with van der Waals surface area (Å²) in [6.45, 7) is 3.77. The summed E-state index contributed by atoms with van der Waals surface area (Å²) < 4.78 is 0. The molecule has 0 aromatic heterocycles. The molecule has 0 saturated heterocycles. The van der Waals surface area contributed by atoms with Gasteiger partial charge in [0.2, 0.25) is 0 Å². The fourth-order valence-electron chi connectivity index (χ4n) is 1.20. The van der Waals surface area contributed by atoms with Gasteiger partial charge in [0.25, 0.3) is 0 Å². The normalized spacial score (nSPS) is 11.6. The van der Waals surface area contributed by atoms with E-state index in [0.29, 0.717) is 6.54 Å². The van der Waals surface area contributed by atoms with Crippen LogP contribution in [0.1, 0.15) is 18.1 Å². The Balaban J connectivity index is 2.38. The van der Waals surface area contributed by atoms with E-state index < -0.39 is 18.0 Å². The lowest BCUT2D eigenvalue weighted by Crippen LogP contribution is -2.44. The van der Waals surface area contributed by atoms with Crippen LogP contribution in [0.5, 0.6) is 0 Å². The number of rotatable bonds is 4. The van der Waals surface area contributed by atoms with Gasteiger partial charge in [-0.2, -0.15) is 0 Å². The molecule has 0 radical (unpaired) electrons. The Hall–Kier alpha value is -2.04. The smallest absolute Gasteiger partial charge is 0.325 e. The van der Waals surface area contributed by atoms with Crippen molar-refractivity contribution >= 4 is 12.0 Å². The van der Waals surface area contributed by atoms with Crippen molar-refractivity contribution in [3.8, 4) is 0 Å². The van der Waals surface area contributed by atoms with Gasteiger partial charge in [-0.3, -0.25) is 4.79 Å². The van der Waals surface area contributed by atoms with Gasteiger partial charge in [0, 0.05) is 6.54 Å². The summed E-state index contributed by atoms with van der Waals surface area (Å²) in [6.07, 6.45) is 0. The van der Waals surface area contributed by atoms with E-state index in [1.54, 1.807) is 0 Å². The van der Waals surface area contributed by atoms with Crippen molar-refractivity contribution in [1.82, 2.24) is 10.6 Å². The molecule has 1 aromatic rings. The van der Waals surface area contributed by atoms with Gasteiger partial charge in [0.15, 0.2) is 0 Å². The predicted molar refractivity (Wildman–Crippen MR) is 63.6 cm³/mol. The minimum atomic E-state index is -1.06. The molecule has 3 N–H and O–H groups in total. The zero-order chi connectivity index (χ0) is 12.8. The van der Waals surface area contributed by atoms with Crippen LogP contribution in [0.4, 0.5) is 4.79 Å². The maximum atomic E-state index is 11.3. The highest BCUT2D eigenvalue weighted by molar-refractivity contribution is 5.82. The lowest BCUT2D eigenvalue weighted by atomic mass is 10.1. The summed E-state index contributed by atoms with van der Waals surface area (Å²) in [4.78, 5) is 21.8. The average molecular weight is 236 g/mol. The Kier molecular flexibility index (Phi) is 4.51. The van der Waals surface area contributed by atoms with Gasteiger partial charge in [0.05, 0.1) is 0 Å². The highest BCUT2D eigenvalue weighted by atomic mass is 16.4. The maximum Gasteiger partial charge on any atom is 0.325 e. The van der Waals surface area contributed by atoms with Crippen LogP contribution in [-0.4, -0.2) is 23.1 Å². The largest absolute Gasteiger partial charge is 0.480 e. The van der Waals surface area contributed by atoms with E-state index >= 15 is 0 Å². The molecule has 0 saturated carbocycles. The Bertz CT molecular complexity index is 401. The Labute approximate surface area is 99.8 Å². The van der Waals surface area contributed by atoms with E-state index in [9.17, 15) is 9.59 Å². The average Bonchev–Trinajstić information content (AvgIpc) is 2.28. The van der Waals surface area contributed by atoms with E-state index in [1.165, 1.54) is 6.92 Å². The van der Waals surface area contributed by atoms with Crippen LogP contribution in [0, 0.1) is 6.92 Å². The molecule has 0 aliphatic carbocycles. The lowest BCUT2D eigenvalue weighted by Gasteiger charge is -2.10. The van der Waals surface area contributed by atoms with Crippen LogP contribution in [0.2, 0.25) is 0 Å². The molecule has 1 aromatic carbocycles. The number of carbonyl (C=O) groups excluding carboxylic acids is 1. The second-order valence-electron chi connectivity index (χ2n) is 3.87. The van der Waals surface area contributed by atoms with Gasteiger partial charge >= 0.3 is 12.0 Å². The quantitative estimate of drug-likeness (QED) is 0.736. The number of hydrogen-bond acceptors (Lipinski definition) is 2. The summed E-state index contributed by atoms with van der Waals surface area (Å²) in [7, 11) is 0. The number of aryl methyl sites for hydroxylation is 1. The van der Waals surface area contributed by atoms with Crippen LogP contribution in [-0.2, 0) is 11.3 Å². The second kappa shape index (κ2) is 5.89. The topological polar surface area (TPSA) is 78.4 Å². The van der Waals surface area contributed by atoms with Crippen molar-refractivity contribution in [2.24, 2.45) is 0 Å². The van der Waals surface area contributed by atoms with Crippen LogP contribution < -0.4 is 10.6 Å². The lowest BCUT2D eigenvalue weighted by molar-refractivity contribution is -0.138. The third-order valence-electron chi connectivity index (χ3n) is 2.29. The van der Waals surface area contributed by atoms with Gasteiger partial charge in [-0.25, -0.2) is 4.79 Å². The molecule has 0 bridgehead atoms. The zero-order valence-electron chi connectivity index (χ0n) is 9.86. The molecule has 17 heavy (non-hydrogen) atoms. The fraction of sp³-hybridized carbons (Fsp3) is 0.333. The minimum Gasteiger partial charge on any atom is -0.480 e. The number of hydrogen-bond donors (Lipinski definition) is 3. The van der Waals surface area contributed by atoms with E-state index in [0.717, 1.165) is 11.1 Å². The molecule has 1 rings (SSSR count). The summed E-state index contributed by atoms with van der Waals surface area (Å²) in [5, 5.41) is 13.5. The number of carboxylic acids is 1. The van der Waals surface area contributed by atoms with Crippen molar-refractivity contribution in [3.63, 3.8) is 0 Å². The van der Waals surface area contributed by atoms with Gasteiger partial charge in [-0.05, 0) is 19.4 Å². The molecule has 0 unspecified atom stereocenters. The number of benzene rings is 1. The Morgan fingerprint density at radius 1 is 1.29 bits per heavy atom. The maximum absolute atomic E-state index is 11.3. The molecule has 92 valence electrons. The van der Waals surface area contributed by atoms with Crippen LogP contribution >= 0.6 is 0 Å². The van der Waals surface area contributed by atoms with Gasteiger partial charge in [-0.1, -0.05) is 29.8 Å². The third kappa shape index (κ3) is 4.55. The fourth-order valence-corrected chi connectivity index (χ4v) is 1.20. The van der Waals surface area contributed by atoms with Crippen LogP contribution in [0.15, 0.2) is 24.3 Å². The number of urea groups is 1. The molecule has 0 aliphatic rings. The molecule has 0 heterocycles. The number of aliphatic carboxylic acids is 1. The minimum absolute atomic E-state index is 0.373. The summed E-state index contributed by atoms with van der Waals surface area (Å²) >= 11 is 0. The summed E-state index contributed by atoms with van der Waals surface area (Å²) in [6, 6.07) is 6.35. The van der Waals surface area contributed by atoms with Crippen LogP contribution in [0.3, 0.4) is 0 Å². The first-order chi connectivity index (χ1) is 7.99. The van der Waals surface area contributed by atoms with E-state index in [2.05, 4.69) is 10.6 Å². The van der Waals surface area contributed by atoms with Crippen molar-refractivity contribution in [1.29, 1.82) is 0 Å². The Morgan fingerprint density at radius 3 is 2.41 bits per heavy atom. The molecular formula is C12H16N2O3. The van der Waals surface area contributed by atoms with Gasteiger partial charge in [-0.15, -0.1) is 0 Å². The molecule has 0 aliphatic heterocycles. The second-order valence-corrected chi connectivity index (χ2v) is 3.87. The summed E-state index contributed by atoms with van der Waals surface area (Å²) in [5.41, 5.74) is 2.12.